The van der Waals surface area contributed by atoms with Gasteiger partial charge in [0.2, 0.25) is 0 Å². The molecule has 0 atom stereocenters. The molecule has 2 N–H and O–H groups in total. The first kappa shape index (κ1) is 17.9. The number of nitrogen functional groups attached to an aromatic ring is 1. The van der Waals surface area contributed by atoms with E-state index >= 15 is 0 Å². The summed E-state index contributed by atoms with van der Waals surface area (Å²) >= 11 is 1.37. The zero-order valence-electron chi connectivity index (χ0n) is 14.2. The Balaban J connectivity index is 1.85. The van der Waals surface area contributed by atoms with Gasteiger partial charge in [-0.1, -0.05) is 53.7 Å². The maximum atomic E-state index is 13.3. The van der Waals surface area contributed by atoms with E-state index in [1.807, 2.05) is 31.2 Å². The highest BCUT2D eigenvalue weighted by atomic mass is 32.2. The summed E-state index contributed by atoms with van der Waals surface area (Å²) < 4.78 is 13.3. The Kier molecular flexibility index (Phi) is 5.49. The van der Waals surface area contributed by atoms with Gasteiger partial charge in [0.05, 0.1) is 5.69 Å². The molecule has 0 aliphatic carbocycles. The highest BCUT2D eigenvalue weighted by Crippen LogP contribution is 2.24. The first-order valence-corrected chi connectivity index (χ1v) is 9.03. The summed E-state index contributed by atoms with van der Waals surface area (Å²) in [4.78, 5) is 8.74. The van der Waals surface area contributed by atoms with E-state index < -0.39 is 0 Å². The average molecular weight is 364 g/mol. The quantitative estimate of drug-likeness (QED) is 0.541. The zero-order chi connectivity index (χ0) is 18.5. The smallest absolute Gasteiger partial charge is 0.190 e. The molecule has 4 nitrogen and oxygen atoms in total. The molecular weight excluding hydrogens is 347 g/mol. The van der Waals surface area contributed by atoms with Gasteiger partial charge in [-0.25, -0.2) is 14.4 Å². The molecule has 0 saturated carbocycles. The predicted molar refractivity (Wildman–Crippen MR) is 101 cm³/mol. The Labute approximate surface area is 155 Å². The van der Waals surface area contributed by atoms with Gasteiger partial charge in [0.1, 0.15) is 23.3 Å². The molecule has 0 fully saturated rings. The van der Waals surface area contributed by atoms with Crippen LogP contribution in [-0.2, 0) is 12.2 Å². The van der Waals surface area contributed by atoms with Gasteiger partial charge in [-0.2, -0.15) is 5.26 Å². The van der Waals surface area contributed by atoms with Gasteiger partial charge in [0.25, 0.3) is 0 Å². The van der Waals surface area contributed by atoms with Crippen molar-refractivity contribution >= 4 is 17.6 Å². The third-order valence-corrected chi connectivity index (χ3v) is 4.73. The molecule has 0 aliphatic heterocycles. The van der Waals surface area contributed by atoms with Gasteiger partial charge in [-0.3, -0.25) is 0 Å². The molecule has 6 heteroatoms. The van der Waals surface area contributed by atoms with Gasteiger partial charge in [-0.15, -0.1) is 0 Å². The highest BCUT2D eigenvalue weighted by Gasteiger charge is 2.13. The molecular formula is C20H17FN4S. The molecule has 0 amide bonds. The lowest BCUT2D eigenvalue weighted by atomic mass is 10.0. The number of nitrogens with two attached hydrogens (primary N) is 1. The van der Waals surface area contributed by atoms with Crippen molar-refractivity contribution in [1.82, 2.24) is 9.97 Å². The highest BCUT2D eigenvalue weighted by molar-refractivity contribution is 7.98. The van der Waals surface area contributed by atoms with Crippen LogP contribution in [0.1, 0.15) is 27.9 Å². The fourth-order valence-corrected chi connectivity index (χ4v) is 3.42. The number of hydrogen-bond donors (Lipinski definition) is 1. The van der Waals surface area contributed by atoms with Crippen LogP contribution in [0.4, 0.5) is 10.2 Å². The zero-order valence-corrected chi connectivity index (χ0v) is 15.1. The monoisotopic (exact) mass is 364 g/mol. The Hall–Kier alpha value is -2.91. The maximum Gasteiger partial charge on any atom is 0.190 e. The number of aromatic nitrogens is 2. The fraction of sp³-hybridized carbons (Fsp3) is 0.150. The van der Waals surface area contributed by atoms with E-state index in [9.17, 15) is 9.65 Å². The van der Waals surface area contributed by atoms with E-state index in [-0.39, 0.29) is 11.6 Å². The second-order valence-electron chi connectivity index (χ2n) is 5.91. The summed E-state index contributed by atoms with van der Waals surface area (Å²) in [5.74, 6) is 0.419. The van der Waals surface area contributed by atoms with Crippen molar-refractivity contribution in [3.05, 3.63) is 82.3 Å². The molecule has 3 rings (SSSR count). The number of nitriles is 1. The minimum atomic E-state index is -0.275. The Bertz CT molecular complexity index is 982. The number of aryl methyl sites for hydroxylation is 1. The lowest BCUT2D eigenvalue weighted by Crippen LogP contribution is -2.06. The molecule has 26 heavy (non-hydrogen) atoms. The number of nitrogens with zero attached hydrogens (tertiary/aromatic N) is 3. The Morgan fingerprint density at radius 2 is 1.88 bits per heavy atom. The molecule has 0 unspecified atom stereocenters. The first-order chi connectivity index (χ1) is 12.5. The standard InChI is InChI=1S/C20H17FN4S/c1-13-4-2-5-14(8-13)10-18-17(11-22)19(23)25-20(24-18)26-12-15-6-3-7-16(21)9-15/h2-9H,10,12H2,1H3,(H2,23,24,25). The minimum Gasteiger partial charge on any atom is -0.382 e. The number of anilines is 1. The predicted octanol–water partition coefficient (Wildman–Crippen LogP) is 4.26. The minimum absolute atomic E-state index is 0.173. The van der Waals surface area contributed by atoms with Crippen molar-refractivity contribution in [3.8, 4) is 6.07 Å². The maximum absolute atomic E-state index is 13.3. The van der Waals surface area contributed by atoms with Crippen LogP contribution >= 0.6 is 11.8 Å². The van der Waals surface area contributed by atoms with E-state index in [0.717, 1.165) is 16.7 Å². The second kappa shape index (κ2) is 7.98. The van der Waals surface area contributed by atoms with Crippen molar-refractivity contribution < 1.29 is 4.39 Å². The summed E-state index contributed by atoms with van der Waals surface area (Å²) in [6.45, 7) is 2.02. The summed E-state index contributed by atoms with van der Waals surface area (Å²) in [5, 5.41) is 9.88. The Morgan fingerprint density at radius 3 is 2.62 bits per heavy atom. The number of halogens is 1. The van der Waals surface area contributed by atoms with Crippen molar-refractivity contribution in [1.29, 1.82) is 5.26 Å². The summed E-state index contributed by atoms with van der Waals surface area (Å²) in [6, 6.07) is 16.5. The lowest BCUT2D eigenvalue weighted by Gasteiger charge is -2.09. The fourth-order valence-electron chi connectivity index (χ4n) is 2.61. The van der Waals surface area contributed by atoms with E-state index in [0.29, 0.717) is 28.6 Å². The Morgan fingerprint density at radius 1 is 1.12 bits per heavy atom. The van der Waals surface area contributed by atoms with Gasteiger partial charge >= 0.3 is 0 Å². The van der Waals surface area contributed by atoms with E-state index in [4.69, 9.17) is 5.73 Å². The largest absolute Gasteiger partial charge is 0.382 e. The summed E-state index contributed by atoms with van der Waals surface area (Å²) in [6.07, 6.45) is 0.505. The molecule has 2 aromatic carbocycles. The van der Waals surface area contributed by atoms with Gasteiger partial charge in [0.15, 0.2) is 5.16 Å². The third kappa shape index (κ3) is 4.38. The molecule has 0 aliphatic rings. The molecule has 0 radical (unpaired) electrons. The molecule has 1 heterocycles. The first-order valence-electron chi connectivity index (χ1n) is 8.04. The van der Waals surface area contributed by atoms with Gasteiger partial charge in [0, 0.05) is 12.2 Å². The molecule has 130 valence electrons. The van der Waals surface area contributed by atoms with Crippen LogP contribution < -0.4 is 5.73 Å². The van der Waals surface area contributed by atoms with Crippen LogP contribution in [0.5, 0.6) is 0 Å². The molecule has 0 spiro atoms. The topological polar surface area (TPSA) is 75.6 Å². The van der Waals surface area contributed by atoms with Crippen molar-refractivity contribution in [3.63, 3.8) is 0 Å². The van der Waals surface area contributed by atoms with E-state index in [1.165, 1.54) is 23.9 Å². The SMILES string of the molecule is Cc1cccc(Cc2nc(SCc3cccc(F)c3)nc(N)c2C#N)c1. The van der Waals surface area contributed by atoms with E-state index in [1.54, 1.807) is 6.07 Å². The summed E-state index contributed by atoms with van der Waals surface area (Å²) in [5.41, 5.74) is 9.91. The van der Waals surface area contributed by atoms with Gasteiger partial charge in [-0.05, 0) is 30.2 Å². The lowest BCUT2D eigenvalue weighted by molar-refractivity contribution is 0.626. The molecule has 0 bridgehead atoms. The van der Waals surface area contributed by atoms with Crippen LogP contribution in [0.25, 0.3) is 0 Å². The molecule has 3 aromatic rings. The van der Waals surface area contributed by atoms with Crippen molar-refractivity contribution in [2.75, 3.05) is 5.73 Å². The van der Waals surface area contributed by atoms with Crippen molar-refractivity contribution in [2.24, 2.45) is 0 Å². The normalized spacial score (nSPS) is 10.5. The summed E-state index contributed by atoms with van der Waals surface area (Å²) in [7, 11) is 0. The second-order valence-corrected chi connectivity index (χ2v) is 6.85. The number of thioether (sulfide) groups is 1. The van der Waals surface area contributed by atoms with Crippen LogP contribution in [0.2, 0.25) is 0 Å². The van der Waals surface area contributed by atoms with Crippen LogP contribution in [0, 0.1) is 24.1 Å². The number of benzene rings is 2. The average Bonchev–Trinajstić information content (AvgIpc) is 2.60. The van der Waals surface area contributed by atoms with Crippen LogP contribution in [-0.4, -0.2) is 9.97 Å². The number of hydrogen-bond acceptors (Lipinski definition) is 5. The molecule has 0 saturated heterocycles. The van der Waals surface area contributed by atoms with Crippen molar-refractivity contribution in [2.45, 2.75) is 24.3 Å². The third-order valence-electron chi connectivity index (χ3n) is 3.81. The molecule has 1 aromatic heterocycles. The van der Waals surface area contributed by atoms with Crippen LogP contribution in [0.3, 0.4) is 0 Å². The number of rotatable bonds is 5. The van der Waals surface area contributed by atoms with Gasteiger partial charge < -0.3 is 5.73 Å². The van der Waals surface area contributed by atoms with E-state index in [2.05, 4.69) is 22.1 Å². The van der Waals surface area contributed by atoms with Crippen LogP contribution in [0.15, 0.2) is 53.7 Å².